The average molecular weight is 334 g/mol. The molecule has 1 aliphatic rings. The number of rotatable bonds is 7. The summed E-state index contributed by atoms with van der Waals surface area (Å²) in [5.74, 6) is 1.44. The minimum absolute atomic E-state index is 0.0281. The Morgan fingerprint density at radius 1 is 1.29 bits per heavy atom. The van der Waals surface area contributed by atoms with Gasteiger partial charge >= 0.3 is 0 Å². The third-order valence-corrected chi connectivity index (χ3v) is 5.20. The molecule has 1 heterocycles. The molecular formula is C19H30N2O3. The molecule has 2 N–H and O–H groups in total. The van der Waals surface area contributed by atoms with Crippen LogP contribution in [-0.4, -0.2) is 17.9 Å². The molecule has 0 saturated heterocycles. The summed E-state index contributed by atoms with van der Waals surface area (Å²) >= 11 is 0. The van der Waals surface area contributed by atoms with E-state index in [0.717, 1.165) is 32.1 Å². The fourth-order valence-electron chi connectivity index (χ4n) is 3.19. The van der Waals surface area contributed by atoms with Crippen LogP contribution in [0.2, 0.25) is 0 Å². The Morgan fingerprint density at radius 3 is 2.58 bits per heavy atom. The van der Waals surface area contributed by atoms with Gasteiger partial charge in [0.05, 0.1) is 12.8 Å². The molecule has 2 amide bonds. The van der Waals surface area contributed by atoms with Crippen LogP contribution in [0, 0.1) is 17.8 Å². The van der Waals surface area contributed by atoms with Crippen molar-refractivity contribution in [3.63, 3.8) is 0 Å². The van der Waals surface area contributed by atoms with Crippen LogP contribution in [0.5, 0.6) is 0 Å². The topological polar surface area (TPSA) is 71.3 Å². The van der Waals surface area contributed by atoms with Gasteiger partial charge < -0.3 is 15.1 Å². The summed E-state index contributed by atoms with van der Waals surface area (Å²) in [6.45, 7) is 6.61. The van der Waals surface area contributed by atoms with Crippen molar-refractivity contribution in [2.45, 2.75) is 65.5 Å². The molecule has 0 aliphatic heterocycles. The van der Waals surface area contributed by atoms with Gasteiger partial charge in [-0.15, -0.1) is 0 Å². The van der Waals surface area contributed by atoms with Crippen molar-refractivity contribution in [1.82, 2.24) is 10.6 Å². The van der Waals surface area contributed by atoms with Crippen LogP contribution < -0.4 is 10.6 Å². The zero-order chi connectivity index (χ0) is 17.5. The van der Waals surface area contributed by atoms with Crippen LogP contribution in [0.3, 0.4) is 0 Å². The summed E-state index contributed by atoms with van der Waals surface area (Å²) in [4.78, 5) is 25.1. The van der Waals surface area contributed by atoms with Crippen molar-refractivity contribution in [2.24, 2.45) is 17.8 Å². The molecule has 0 bridgehead atoms. The number of furan rings is 1. The largest absolute Gasteiger partial charge is 0.467 e. The van der Waals surface area contributed by atoms with E-state index in [9.17, 15) is 9.59 Å². The molecule has 1 aromatic heterocycles. The summed E-state index contributed by atoms with van der Waals surface area (Å²) in [5, 5.41) is 5.87. The SMILES string of the molecule is CC[C@@H](C)[C@H](NC(=O)C1CCC(C)CC1)C(=O)NCc1ccco1. The monoisotopic (exact) mass is 334 g/mol. The fraction of sp³-hybridized carbons (Fsp3) is 0.684. The second-order valence-electron chi connectivity index (χ2n) is 7.13. The van der Waals surface area contributed by atoms with Crippen molar-refractivity contribution >= 4 is 11.8 Å². The van der Waals surface area contributed by atoms with Gasteiger partial charge in [0.2, 0.25) is 11.8 Å². The van der Waals surface area contributed by atoms with Gasteiger partial charge in [0, 0.05) is 5.92 Å². The highest BCUT2D eigenvalue weighted by Crippen LogP contribution is 2.28. The van der Waals surface area contributed by atoms with E-state index in [1.165, 1.54) is 0 Å². The van der Waals surface area contributed by atoms with Gasteiger partial charge in [-0.25, -0.2) is 0 Å². The Kier molecular flexibility index (Phi) is 6.88. The standard InChI is InChI=1S/C19H30N2O3/c1-4-14(3)17(19(23)20-12-16-6-5-11-24-16)21-18(22)15-9-7-13(2)8-10-15/h5-6,11,13-15,17H,4,7-10,12H2,1-3H3,(H,20,23)(H,21,22)/t13?,14-,15?,17+/m1/s1. The molecule has 1 saturated carbocycles. The Balaban J connectivity index is 1.91. The molecule has 24 heavy (non-hydrogen) atoms. The number of hydrogen-bond acceptors (Lipinski definition) is 3. The van der Waals surface area contributed by atoms with Crippen molar-refractivity contribution in [3.05, 3.63) is 24.2 Å². The first kappa shape index (κ1) is 18.6. The van der Waals surface area contributed by atoms with Crippen LogP contribution in [0.25, 0.3) is 0 Å². The number of hydrogen-bond donors (Lipinski definition) is 2. The average Bonchev–Trinajstić information content (AvgIpc) is 3.10. The maximum atomic E-state index is 12.6. The van der Waals surface area contributed by atoms with Crippen LogP contribution in [0.1, 0.15) is 58.6 Å². The molecule has 0 aromatic carbocycles. The van der Waals surface area contributed by atoms with E-state index in [1.807, 2.05) is 19.9 Å². The molecule has 0 spiro atoms. The second-order valence-corrected chi connectivity index (χ2v) is 7.13. The molecule has 5 heteroatoms. The molecular weight excluding hydrogens is 304 g/mol. The fourth-order valence-corrected chi connectivity index (χ4v) is 3.19. The van der Waals surface area contributed by atoms with Gasteiger partial charge in [-0.05, 0) is 49.7 Å². The maximum absolute atomic E-state index is 12.6. The first-order chi connectivity index (χ1) is 11.5. The zero-order valence-corrected chi connectivity index (χ0v) is 15.0. The number of amides is 2. The molecule has 0 radical (unpaired) electrons. The number of carbonyl (C=O) groups excluding carboxylic acids is 2. The van der Waals surface area contributed by atoms with E-state index >= 15 is 0 Å². The third-order valence-electron chi connectivity index (χ3n) is 5.20. The van der Waals surface area contributed by atoms with E-state index in [0.29, 0.717) is 18.2 Å². The van der Waals surface area contributed by atoms with Crippen molar-refractivity contribution in [1.29, 1.82) is 0 Å². The molecule has 2 atom stereocenters. The first-order valence-electron chi connectivity index (χ1n) is 9.11. The predicted molar refractivity (Wildman–Crippen MR) is 93.1 cm³/mol. The lowest BCUT2D eigenvalue weighted by Crippen LogP contribution is -2.51. The van der Waals surface area contributed by atoms with Gasteiger partial charge in [-0.3, -0.25) is 9.59 Å². The van der Waals surface area contributed by atoms with Gasteiger partial charge in [-0.2, -0.15) is 0 Å². The van der Waals surface area contributed by atoms with E-state index in [-0.39, 0.29) is 23.7 Å². The Bertz CT molecular complexity index is 519. The van der Waals surface area contributed by atoms with Crippen LogP contribution in [-0.2, 0) is 16.1 Å². The third kappa shape index (κ3) is 5.11. The second kappa shape index (κ2) is 8.90. The molecule has 1 fully saturated rings. The minimum Gasteiger partial charge on any atom is -0.467 e. The molecule has 1 aliphatic carbocycles. The molecule has 5 nitrogen and oxygen atoms in total. The predicted octanol–water partition coefficient (Wildman–Crippen LogP) is 3.25. The smallest absolute Gasteiger partial charge is 0.243 e. The Hall–Kier alpha value is -1.78. The van der Waals surface area contributed by atoms with E-state index in [2.05, 4.69) is 17.6 Å². The Morgan fingerprint density at radius 2 is 2.00 bits per heavy atom. The van der Waals surface area contributed by atoms with Gasteiger partial charge in [-0.1, -0.05) is 27.2 Å². The number of carbonyl (C=O) groups is 2. The van der Waals surface area contributed by atoms with Crippen LogP contribution >= 0.6 is 0 Å². The van der Waals surface area contributed by atoms with Crippen molar-refractivity contribution < 1.29 is 14.0 Å². The summed E-state index contributed by atoms with van der Waals surface area (Å²) in [6, 6.07) is 3.12. The van der Waals surface area contributed by atoms with E-state index < -0.39 is 6.04 Å². The van der Waals surface area contributed by atoms with Gasteiger partial charge in [0.25, 0.3) is 0 Å². The summed E-state index contributed by atoms with van der Waals surface area (Å²) in [7, 11) is 0. The first-order valence-corrected chi connectivity index (χ1v) is 9.11. The van der Waals surface area contributed by atoms with Crippen LogP contribution in [0.15, 0.2) is 22.8 Å². The van der Waals surface area contributed by atoms with E-state index in [4.69, 9.17) is 4.42 Å². The zero-order valence-electron chi connectivity index (χ0n) is 15.0. The highest BCUT2D eigenvalue weighted by Gasteiger charge is 2.30. The molecule has 0 unspecified atom stereocenters. The summed E-state index contributed by atoms with van der Waals surface area (Å²) in [6.07, 6.45) is 6.45. The van der Waals surface area contributed by atoms with Crippen LogP contribution in [0.4, 0.5) is 0 Å². The normalized spacial score (nSPS) is 23.3. The lowest BCUT2D eigenvalue weighted by atomic mass is 9.82. The number of nitrogens with one attached hydrogen (secondary N) is 2. The van der Waals surface area contributed by atoms with Crippen molar-refractivity contribution in [3.8, 4) is 0 Å². The lowest BCUT2D eigenvalue weighted by molar-refractivity contribution is -0.133. The molecule has 2 rings (SSSR count). The van der Waals surface area contributed by atoms with Crippen molar-refractivity contribution in [2.75, 3.05) is 0 Å². The lowest BCUT2D eigenvalue weighted by Gasteiger charge is -2.29. The summed E-state index contributed by atoms with van der Waals surface area (Å²) in [5.41, 5.74) is 0. The highest BCUT2D eigenvalue weighted by molar-refractivity contribution is 5.88. The Labute approximate surface area is 144 Å². The van der Waals surface area contributed by atoms with Gasteiger partial charge in [0.1, 0.15) is 11.8 Å². The highest BCUT2D eigenvalue weighted by atomic mass is 16.3. The van der Waals surface area contributed by atoms with E-state index in [1.54, 1.807) is 12.3 Å². The quantitative estimate of drug-likeness (QED) is 0.804. The molecule has 1 aromatic rings. The maximum Gasteiger partial charge on any atom is 0.243 e. The van der Waals surface area contributed by atoms with Gasteiger partial charge in [0.15, 0.2) is 0 Å². The minimum atomic E-state index is -0.489. The summed E-state index contributed by atoms with van der Waals surface area (Å²) < 4.78 is 5.23. The molecule has 134 valence electrons.